The molecule has 4 rings (SSSR count). The molecule has 0 bridgehead atoms. The van der Waals surface area contributed by atoms with Crippen molar-refractivity contribution in [2.24, 2.45) is 0 Å². The van der Waals surface area contributed by atoms with Gasteiger partial charge in [0.1, 0.15) is 24.4 Å². The maximum atomic E-state index is 11.3. The molecule has 5 nitrogen and oxygen atoms in total. The van der Waals surface area contributed by atoms with Gasteiger partial charge in [-0.25, -0.2) is 0 Å². The van der Waals surface area contributed by atoms with Gasteiger partial charge in [-0.2, -0.15) is 0 Å². The van der Waals surface area contributed by atoms with E-state index in [1.807, 2.05) is 91.0 Å². The Bertz CT molecular complexity index is 903. The zero-order chi connectivity index (χ0) is 21.5. The quantitative estimate of drug-likeness (QED) is 0.590. The second kappa shape index (κ2) is 10.7. The highest BCUT2D eigenvalue weighted by Crippen LogP contribution is 2.36. The zero-order valence-corrected chi connectivity index (χ0v) is 17.5. The minimum Gasteiger partial charge on any atom is -0.387 e. The summed E-state index contributed by atoms with van der Waals surface area (Å²) in [6, 6.07) is 29.4. The van der Waals surface area contributed by atoms with Crippen molar-refractivity contribution < 1.29 is 24.1 Å². The van der Waals surface area contributed by atoms with Crippen molar-refractivity contribution in [2.45, 2.75) is 43.9 Å². The molecule has 0 unspecified atom stereocenters. The van der Waals surface area contributed by atoms with Crippen molar-refractivity contribution in [3.63, 3.8) is 0 Å². The van der Waals surface area contributed by atoms with Gasteiger partial charge in [-0.3, -0.25) is 0 Å². The maximum Gasteiger partial charge on any atom is 0.186 e. The molecule has 0 radical (unpaired) electrons. The van der Waals surface area contributed by atoms with Crippen molar-refractivity contribution >= 4 is 0 Å². The average molecular weight is 421 g/mol. The Labute approximate surface area is 183 Å². The normalized spacial score (nSPS) is 25.9. The molecule has 0 saturated carbocycles. The van der Waals surface area contributed by atoms with Crippen molar-refractivity contribution in [3.8, 4) is 0 Å². The fraction of sp³-hybridized carbons (Fsp3) is 0.308. The van der Waals surface area contributed by atoms with Crippen LogP contribution < -0.4 is 0 Å². The lowest BCUT2D eigenvalue weighted by molar-refractivity contribution is -0.312. The monoisotopic (exact) mass is 420 g/mol. The lowest BCUT2D eigenvalue weighted by Gasteiger charge is -2.44. The Balaban J connectivity index is 1.56. The van der Waals surface area contributed by atoms with E-state index in [0.29, 0.717) is 13.2 Å². The number of ether oxygens (including phenoxy) is 4. The molecule has 162 valence electrons. The van der Waals surface area contributed by atoms with E-state index >= 15 is 0 Å². The molecule has 1 fully saturated rings. The van der Waals surface area contributed by atoms with Gasteiger partial charge in [0.15, 0.2) is 6.29 Å². The van der Waals surface area contributed by atoms with Gasteiger partial charge in [-0.15, -0.1) is 0 Å². The minimum absolute atomic E-state index is 0.353. The van der Waals surface area contributed by atoms with Crippen LogP contribution in [-0.4, -0.2) is 36.8 Å². The van der Waals surface area contributed by atoms with Gasteiger partial charge >= 0.3 is 0 Å². The Kier molecular flexibility index (Phi) is 7.46. The van der Waals surface area contributed by atoms with Crippen molar-refractivity contribution in [2.75, 3.05) is 7.11 Å². The summed E-state index contributed by atoms with van der Waals surface area (Å²) in [5.41, 5.74) is 2.92. The fourth-order valence-corrected chi connectivity index (χ4v) is 3.83. The highest BCUT2D eigenvalue weighted by atomic mass is 16.7. The third kappa shape index (κ3) is 5.39. The van der Waals surface area contributed by atoms with Gasteiger partial charge < -0.3 is 24.1 Å². The number of hydrogen-bond acceptors (Lipinski definition) is 5. The highest BCUT2D eigenvalue weighted by molar-refractivity contribution is 5.21. The van der Waals surface area contributed by atoms with Crippen LogP contribution >= 0.6 is 0 Å². The van der Waals surface area contributed by atoms with E-state index in [9.17, 15) is 5.11 Å². The third-order valence-corrected chi connectivity index (χ3v) is 5.45. The SMILES string of the molecule is CO[C@H]1O[C@@H](c2ccccc2)[C@H](O)[C@H](OCc2ccccc2)[C@H]1OCc1ccccc1. The molecule has 3 aromatic rings. The zero-order valence-electron chi connectivity index (χ0n) is 17.5. The predicted octanol–water partition coefficient (Wildman–Crippen LogP) is 4.26. The molecule has 0 amide bonds. The summed E-state index contributed by atoms with van der Waals surface area (Å²) in [6.45, 7) is 0.717. The first-order valence-corrected chi connectivity index (χ1v) is 10.5. The first-order valence-electron chi connectivity index (χ1n) is 10.5. The molecule has 1 saturated heterocycles. The third-order valence-electron chi connectivity index (χ3n) is 5.45. The van der Waals surface area contributed by atoms with Gasteiger partial charge in [0.2, 0.25) is 0 Å². The average Bonchev–Trinajstić information content (AvgIpc) is 2.84. The lowest BCUT2D eigenvalue weighted by Crippen LogP contribution is -2.56. The van der Waals surface area contributed by atoms with E-state index in [1.54, 1.807) is 7.11 Å². The second-order valence-electron chi connectivity index (χ2n) is 7.58. The molecule has 31 heavy (non-hydrogen) atoms. The van der Waals surface area contributed by atoms with Crippen LogP contribution in [0.5, 0.6) is 0 Å². The molecule has 0 aromatic heterocycles. The summed E-state index contributed by atoms with van der Waals surface area (Å²) in [5, 5.41) is 11.3. The van der Waals surface area contributed by atoms with Crippen LogP contribution in [0.3, 0.4) is 0 Å². The molecule has 1 heterocycles. The van der Waals surface area contributed by atoms with Gasteiger partial charge in [-0.1, -0.05) is 91.0 Å². The Morgan fingerprint density at radius 1 is 0.710 bits per heavy atom. The largest absolute Gasteiger partial charge is 0.387 e. The molecular weight excluding hydrogens is 392 g/mol. The van der Waals surface area contributed by atoms with Gasteiger partial charge in [-0.05, 0) is 16.7 Å². The van der Waals surface area contributed by atoms with E-state index in [2.05, 4.69) is 0 Å². The highest BCUT2D eigenvalue weighted by Gasteiger charge is 2.47. The number of benzene rings is 3. The van der Waals surface area contributed by atoms with Crippen LogP contribution in [0, 0.1) is 0 Å². The number of hydrogen-bond donors (Lipinski definition) is 1. The summed E-state index contributed by atoms with van der Waals surface area (Å²) >= 11 is 0. The summed E-state index contributed by atoms with van der Waals surface area (Å²) in [7, 11) is 1.58. The van der Waals surface area contributed by atoms with Crippen LogP contribution in [0.4, 0.5) is 0 Å². The smallest absolute Gasteiger partial charge is 0.186 e. The summed E-state index contributed by atoms with van der Waals surface area (Å²) < 4.78 is 24.2. The molecule has 0 aliphatic carbocycles. The van der Waals surface area contributed by atoms with Crippen molar-refractivity contribution in [3.05, 3.63) is 108 Å². The lowest BCUT2D eigenvalue weighted by atomic mass is 9.93. The van der Waals surface area contributed by atoms with Gasteiger partial charge in [0, 0.05) is 7.11 Å². The van der Waals surface area contributed by atoms with Gasteiger partial charge in [0.05, 0.1) is 13.2 Å². The van der Waals surface area contributed by atoms with E-state index in [-0.39, 0.29) is 0 Å². The number of aliphatic hydroxyl groups is 1. The molecule has 5 heteroatoms. The molecule has 1 aliphatic heterocycles. The molecular formula is C26H28O5. The maximum absolute atomic E-state index is 11.3. The number of methoxy groups -OCH3 is 1. The van der Waals surface area contributed by atoms with Crippen LogP contribution in [0.2, 0.25) is 0 Å². The predicted molar refractivity (Wildman–Crippen MR) is 117 cm³/mol. The molecule has 5 atom stereocenters. The van der Waals surface area contributed by atoms with Gasteiger partial charge in [0.25, 0.3) is 0 Å². The first-order chi connectivity index (χ1) is 15.3. The minimum atomic E-state index is -0.918. The van der Waals surface area contributed by atoms with E-state index in [0.717, 1.165) is 16.7 Å². The first kappa shape index (κ1) is 21.7. The van der Waals surface area contributed by atoms with E-state index < -0.39 is 30.7 Å². The molecule has 0 spiro atoms. The molecule has 1 N–H and O–H groups in total. The summed E-state index contributed by atoms with van der Waals surface area (Å²) in [4.78, 5) is 0. The number of rotatable bonds is 8. The molecule has 1 aliphatic rings. The standard InChI is InChI=1S/C26H28O5/c1-28-26-25(30-18-20-13-7-3-8-14-20)24(29-17-19-11-5-2-6-12-19)22(27)23(31-26)21-15-9-4-10-16-21/h2-16,22-27H,17-18H2,1H3/t22-,23-,24-,25+,26-/m0/s1. The topological polar surface area (TPSA) is 57.2 Å². The Hall–Kier alpha value is -2.54. The van der Waals surface area contributed by atoms with E-state index in [1.165, 1.54) is 0 Å². The second-order valence-corrected chi connectivity index (χ2v) is 7.58. The fourth-order valence-electron chi connectivity index (χ4n) is 3.83. The van der Waals surface area contributed by atoms with Crippen LogP contribution in [0.15, 0.2) is 91.0 Å². The Morgan fingerprint density at radius 3 is 1.71 bits per heavy atom. The van der Waals surface area contributed by atoms with Crippen LogP contribution in [0.1, 0.15) is 22.8 Å². The molecule has 3 aromatic carbocycles. The van der Waals surface area contributed by atoms with Crippen LogP contribution in [-0.2, 0) is 32.2 Å². The summed E-state index contributed by atoms with van der Waals surface area (Å²) in [5.74, 6) is 0. The van der Waals surface area contributed by atoms with Crippen molar-refractivity contribution in [1.82, 2.24) is 0 Å². The number of aliphatic hydroxyl groups excluding tert-OH is 1. The summed E-state index contributed by atoms with van der Waals surface area (Å²) in [6.07, 6.45) is -3.41. The van der Waals surface area contributed by atoms with Crippen molar-refractivity contribution in [1.29, 1.82) is 0 Å². The Morgan fingerprint density at radius 2 is 1.19 bits per heavy atom. The van der Waals surface area contributed by atoms with E-state index in [4.69, 9.17) is 18.9 Å². The van der Waals surface area contributed by atoms with Crippen LogP contribution in [0.25, 0.3) is 0 Å².